The van der Waals surface area contributed by atoms with Crippen LogP contribution >= 0.6 is 15.9 Å². The number of aryl methyl sites for hydroxylation is 1. The van der Waals surface area contributed by atoms with E-state index in [1.807, 2.05) is 13.8 Å². The summed E-state index contributed by atoms with van der Waals surface area (Å²) >= 11 is 3.40. The Labute approximate surface area is 112 Å². The smallest absolute Gasteiger partial charge is 0.250 e. The van der Waals surface area contributed by atoms with Gasteiger partial charge in [-0.2, -0.15) is 5.10 Å². The minimum absolute atomic E-state index is 0.105. The number of hydrogen-bond donors (Lipinski definition) is 1. The van der Waals surface area contributed by atoms with E-state index in [0.717, 1.165) is 21.9 Å². The number of nitrogens with two attached hydrogens (primary N) is 1. The Morgan fingerprint density at radius 2 is 2.11 bits per heavy atom. The molecule has 94 valence electrons. The maximum Gasteiger partial charge on any atom is 0.250 e. The van der Waals surface area contributed by atoms with E-state index in [1.54, 1.807) is 4.68 Å². The van der Waals surface area contributed by atoms with Crippen molar-refractivity contribution >= 4 is 21.8 Å². The highest BCUT2D eigenvalue weighted by molar-refractivity contribution is 9.10. The Hall–Kier alpha value is -1.69. The van der Waals surface area contributed by atoms with Crippen LogP contribution in [0.3, 0.4) is 0 Å². The third-order valence-electron chi connectivity index (χ3n) is 2.66. The normalized spacial score (nSPS) is 10.7. The Morgan fingerprint density at radius 1 is 1.44 bits per heavy atom. The van der Waals surface area contributed by atoms with Gasteiger partial charge in [0.25, 0.3) is 5.91 Å². The molecule has 0 aliphatic heterocycles. The molecule has 2 N–H and O–H groups in total. The lowest BCUT2D eigenvalue weighted by Gasteiger charge is -2.08. The molecule has 1 aromatic carbocycles. The van der Waals surface area contributed by atoms with Crippen LogP contribution in [-0.4, -0.2) is 15.7 Å². The molecule has 1 aromatic heterocycles. The summed E-state index contributed by atoms with van der Waals surface area (Å²) in [5.41, 5.74) is 7.44. The van der Waals surface area contributed by atoms with Crippen LogP contribution in [0.15, 0.2) is 22.7 Å². The summed E-state index contributed by atoms with van der Waals surface area (Å²) < 4.78 is 15.6. The quantitative estimate of drug-likeness (QED) is 0.926. The van der Waals surface area contributed by atoms with Gasteiger partial charge in [0.2, 0.25) is 0 Å². The average molecular weight is 312 g/mol. The van der Waals surface area contributed by atoms with Crippen LogP contribution in [0, 0.1) is 19.7 Å². The minimum Gasteiger partial charge on any atom is -0.366 e. The maximum atomic E-state index is 13.2. The molecule has 1 heterocycles. The highest BCUT2D eigenvalue weighted by atomic mass is 79.9. The first-order valence-electron chi connectivity index (χ1n) is 5.23. The van der Waals surface area contributed by atoms with E-state index >= 15 is 0 Å². The molecule has 18 heavy (non-hydrogen) atoms. The van der Waals surface area contributed by atoms with Crippen molar-refractivity contribution in [2.75, 3.05) is 0 Å². The summed E-state index contributed by atoms with van der Waals surface area (Å²) in [7, 11) is 0. The summed E-state index contributed by atoms with van der Waals surface area (Å²) in [4.78, 5) is 11.4. The number of rotatable bonds is 2. The van der Waals surface area contributed by atoms with Gasteiger partial charge in [0.05, 0.1) is 27.1 Å². The van der Waals surface area contributed by atoms with Crippen molar-refractivity contribution in [3.63, 3.8) is 0 Å². The standard InChI is InChI=1S/C12H11BrFN3O/c1-6-11(13)7(2)17(16-6)10-4-3-8(14)5-9(10)12(15)18/h3-5H,1-2H3,(H2,15,18). The van der Waals surface area contributed by atoms with E-state index in [0.29, 0.717) is 5.69 Å². The Morgan fingerprint density at radius 3 is 2.61 bits per heavy atom. The maximum absolute atomic E-state index is 13.2. The van der Waals surface area contributed by atoms with Crippen LogP contribution in [0.5, 0.6) is 0 Å². The molecule has 0 fully saturated rings. The van der Waals surface area contributed by atoms with Crippen molar-refractivity contribution in [2.24, 2.45) is 5.73 Å². The molecule has 0 spiro atoms. The number of benzene rings is 1. The highest BCUT2D eigenvalue weighted by Crippen LogP contribution is 2.25. The van der Waals surface area contributed by atoms with Crippen LogP contribution in [-0.2, 0) is 0 Å². The van der Waals surface area contributed by atoms with Crippen molar-refractivity contribution in [1.29, 1.82) is 0 Å². The van der Waals surface area contributed by atoms with Crippen molar-refractivity contribution in [1.82, 2.24) is 9.78 Å². The summed E-state index contributed by atoms with van der Waals surface area (Å²) in [6, 6.07) is 3.87. The topological polar surface area (TPSA) is 60.9 Å². The predicted octanol–water partition coefficient (Wildman–Crippen LogP) is 2.49. The van der Waals surface area contributed by atoms with E-state index in [-0.39, 0.29) is 5.56 Å². The third-order valence-corrected chi connectivity index (χ3v) is 3.80. The van der Waals surface area contributed by atoms with Crippen LogP contribution in [0.2, 0.25) is 0 Å². The van der Waals surface area contributed by atoms with Gasteiger partial charge in [-0.15, -0.1) is 0 Å². The molecular weight excluding hydrogens is 301 g/mol. The van der Waals surface area contributed by atoms with E-state index in [4.69, 9.17) is 5.73 Å². The molecule has 0 aliphatic carbocycles. The first-order valence-corrected chi connectivity index (χ1v) is 6.02. The van der Waals surface area contributed by atoms with Gasteiger partial charge in [-0.1, -0.05) is 0 Å². The van der Waals surface area contributed by atoms with Gasteiger partial charge in [-0.25, -0.2) is 9.07 Å². The lowest BCUT2D eigenvalue weighted by atomic mass is 10.1. The number of aromatic nitrogens is 2. The molecule has 0 unspecified atom stereocenters. The van der Waals surface area contributed by atoms with Crippen LogP contribution < -0.4 is 5.73 Å². The Balaban J connectivity index is 2.71. The number of primary amides is 1. The second kappa shape index (κ2) is 4.53. The number of hydrogen-bond acceptors (Lipinski definition) is 2. The number of nitrogens with zero attached hydrogens (tertiary/aromatic N) is 2. The van der Waals surface area contributed by atoms with Gasteiger partial charge in [-0.3, -0.25) is 4.79 Å². The number of amides is 1. The fourth-order valence-corrected chi connectivity index (χ4v) is 2.00. The molecule has 0 atom stereocenters. The SMILES string of the molecule is Cc1nn(-c2ccc(F)cc2C(N)=O)c(C)c1Br. The van der Waals surface area contributed by atoms with Crippen LogP contribution in [0.25, 0.3) is 5.69 Å². The number of halogens is 2. The fraction of sp³-hybridized carbons (Fsp3) is 0.167. The molecular formula is C12H11BrFN3O. The van der Waals surface area contributed by atoms with E-state index < -0.39 is 11.7 Å². The Bertz CT molecular complexity index is 636. The largest absolute Gasteiger partial charge is 0.366 e. The lowest BCUT2D eigenvalue weighted by Crippen LogP contribution is -2.16. The van der Waals surface area contributed by atoms with Gasteiger partial charge < -0.3 is 5.73 Å². The van der Waals surface area contributed by atoms with Gasteiger partial charge >= 0.3 is 0 Å². The van der Waals surface area contributed by atoms with Crippen LogP contribution in [0.4, 0.5) is 4.39 Å². The van der Waals surface area contributed by atoms with E-state index in [9.17, 15) is 9.18 Å². The molecule has 2 aromatic rings. The van der Waals surface area contributed by atoms with Crippen molar-refractivity contribution in [3.8, 4) is 5.69 Å². The fourth-order valence-electron chi connectivity index (χ4n) is 1.75. The zero-order valence-corrected chi connectivity index (χ0v) is 11.5. The summed E-state index contributed by atoms with van der Waals surface area (Å²) in [5.74, 6) is -1.19. The lowest BCUT2D eigenvalue weighted by molar-refractivity contribution is 0.0999. The van der Waals surface area contributed by atoms with Gasteiger partial charge in [0.15, 0.2) is 0 Å². The van der Waals surface area contributed by atoms with Gasteiger partial charge in [0, 0.05) is 0 Å². The van der Waals surface area contributed by atoms with Gasteiger partial charge in [0.1, 0.15) is 5.82 Å². The van der Waals surface area contributed by atoms with Gasteiger partial charge in [-0.05, 0) is 48.0 Å². The number of carbonyl (C=O) groups excluding carboxylic acids is 1. The van der Waals surface area contributed by atoms with Crippen molar-refractivity contribution in [2.45, 2.75) is 13.8 Å². The first kappa shape index (κ1) is 12.8. The zero-order valence-electron chi connectivity index (χ0n) is 9.87. The summed E-state index contributed by atoms with van der Waals surface area (Å²) in [5, 5.41) is 4.29. The molecule has 2 rings (SSSR count). The summed E-state index contributed by atoms with van der Waals surface area (Å²) in [6.45, 7) is 3.68. The summed E-state index contributed by atoms with van der Waals surface area (Å²) in [6.07, 6.45) is 0. The van der Waals surface area contributed by atoms with E-state index in [1.165, 1.54) is 12.1 Å². The number of carbonyl (C=O) groups is 1. The van der Waals surface area contributed by atoms with Crippen molar-refractivity contribution < 1.29 is 9.18 Å². The third kappa shape index (κ3) is 2.03. The van der Waals surface area contributed by atoms with E-state index in [2.05, 4.69) is 21.0 Å². The van der Waals surface area contributed by atoms with Crippen LogP contribution in [0.1, 0.15) is 21.7 Å². The zero-order chi connectivity index (χ0) is 13.4. The predicted molar refractivity (Wildman–Crippen MR) is 69.2 cm³/mol. The molecule has 0 aliphatic rings. The molecule has 0 saturated heterocycles. The monoisotopic (exact) mass is 311 g/mol. The molecule has 0 radical (unpaired) electrons. The Kier molecular flexibility index (Phi) is 3.21. The average Bonchev–Trinajstić information content (AvgIpc) is 2.57. The molecule has 1 amide bonds. The molecule has 0 saturated carbocycles. The second-order valence-corrected chi connectivity index (χ2v) is 4.72. The van der Waals surface area contributed by atoms with Crippen molar-refractivity contribution in [3.05, 3.63) is 45.4 Å². The molecule has 0 bridgehead atoms. The second-order valence-electron chi connectivity index (χ2n) is 3.92. The molecule has 6 heteroatoms. The highest BCUT2D eigenvalue weighted by Gasteiger charge is 2.16. The molecule has 4 nitrogen and oxygen atoms in total. The minimum atomic E-state index is -0.687. The first-order chi connectivity index (χ1) is 8.41.